The van der Waals surface area contributed by atoms with Crippen molar-refractivity contribution in [2.24, 2.45) is 0 Å². The van der Waals surface area contributed by atoms with Gasteiger partial charge in [0.2, 0.25) is 12.0 Å². The van der Waals surface area contributed by atoms with E-state index in [0.29, 0.717) is 29.0 Å². The molecule has 4 rings (SSSR count). The number of fused-ring (bicyclic) bond motifs is 1. The fourth-order valence-electron chi connectivity index (χ4n) is 3.02. The average Bonchev–Trinajstić information content (AvgIpc) is 3.20. The average molecular weight is 436 g/mol. The minimum absolute atomic E-state index is 0.0000298. The standard InChI is InChI=1S/C22H20N4O4S/c1-2-12-26-20(15-8-4-3-5-9-15)24-25-22(26)31-14-19(27)23-21(28)18-13-29-16-10-6-7-11-17(16)30-18/h2-11,18H,1,12-14H2,(H,23,27,28). The molecule has 1 aliphatic rings. The van der Waals surface area contributed by atoms with Crippen LogP contribution in [0.2, 0.25) is 0 Å². The fraction of sp³-hybridized carbons (Fsp3) is 0.182. The van der Waals surface area contributed by atoms with E-state index in [-0.39, 0.29) is 12.4 Å². The van der Waals surface area contributed by atoms with Crippen molar-refractivity contribution in [3.63, 3.8) is 0 Å². The van der Waals surface area contributed by atoms with Crippen molar-refractivity contribution in [3.8, 4) is 22.9 Å². The van der Waals surface area contributed by atoms with Crippen molar-refractivity contribution in [2.45, 2.75) is 17.8 Å². The number of aromatic nitrogens is 3. The second kappa shape index (κ2) is 9.48. The van der Waals surface area contributed by atoms with Gasteiger partial charge in [0.25, 0.3) is 5.91 Å². The largest absolute Gasteiger partial charge is 0.485 e. The zero-order chi connectivity index (χ0) is 21.6. The first kappa shape index (κ1) is 20.7. The minimum Gasteiger partial charge on any atom is -0.485 e. The van der Waals surface area contributed by atoms with Crippen LogP contribution < -0.4 is 14.8 Å². The van der Waals surface area contributed by atoms with Crippen LogP contribution in [0.4, 0.5) is 0 Å². The topological polar surface area (TPSA) is 95.3 Å². The number of ether oxygens (including phenoxy) is 2. The molecule has 0 saturated heterocycles. The third-order valence-corrected chi connectivity index (χ3v) is 5.42. The molecule has 0 bridgehead atoms. The summed E-state index contributed by atoms with van der Waals surface area (Å²) in [5.74, 6) is 0.737. The first-order valence-corrected chi connectivity index (χ1v) is 10.6. The van der Waals surface area contributed by atoms with Gasteiger partial charge >= 0.3 is 0 Å². The van der Waals surface area contributed by atoms with E-state index in [2.05, 4.69) is 22.1 Å². The van der Waals surface area contributed by atoms with E-state index in [4.69, 9.17) is 9.47 Å². The lowest BCUT2D eigenvalue weighted by Crippen LogP contribution is -2.46. The molecule has 0 fully saturated rings. The summed E-state index contributed by atoms with van der Waals surface area (Å²) in [4.78, 5) is 24.7. The minimum atomic E-state index is -0.891. The summed E-state index contributed by atoms with van der Waals surface area (Å²) in [6.07, 6.45) is 0.847. The van der Waals surface area contributed by atoms with Crippen LogP contribution in [0.15, 0.2) is 72.4 Å². The Labute approximate surface area is 183 Å². The maximum absolute atomic E-state index is 12.4. The van der Waals surface area contributed by atoms with Gasteiger partial charge in [-0.15, -0.1) is 16.8 Å². The normalized spacial score (nSPS) is 14.6. The van der Waals surface area contributed by atoms with Crippen LogP contribution in [-0.2, 0) is 16.1 Å². The molecule has 2 amide bonds. The van der Waals surface area contributed by atoms with Gasteiger partial charge in [0.1, 0.15) is 6.61 Å². The fourth-order valence-corrected chi connectivity index (χ4v) is 3.77. The first-order valence-electron chi connectivity index (χ1n) is 9.60. The van der Waals surface area contributed by atoms with E-state index in [9.17, 15) is 9.59 Å². The molecule has 158 valence electrons. The molecule has 1 atom stereocenters. The third-order valence-electron chi connectivity index (χ3n) is 4.46. The lowest BCUT2D eigenvalue weighted by Gasteiger charge is -2.25. The number of hydrogen-bond acceptors (Lipinski definition) is 7. The third kappa shape index (κ3) is 4.77. The number of allylic oxidation sites excluding steroid dienone is 1. The van der Waals surface area contributed by atoms with Gasteiger partial charge in [-0.1, -0.05) is 60.3 Å². The van der Waals surface area contributed by atoms with Gasteiger partial charge in [-0.25, -0.2) is 0 Å². The molecule has 0 saturated carbocycles. The van der Waals surface area contributed by atoms with Gasteiger partial charge < -0.3 is 9.47 Å². The molecular weight excluding hydrogens is 416 g/mol. The lowest BCUT2D eigenvalue weighted by molar-refractivity contribution is -0.135. The Morgan fingerprint density at radius 2 is 1.87 bits per heavy atom. The van der Waals surface area contributed by atoms with Crippen molar-refractivity contribution in [1.82, 2.24) is 20.1 Å². The van der Waals surface area contributed by atoms with Crippen LogP contribution in [0, 0.1) is 0 Å². The Balaban J connectivity index is 1.36. The Morgan fingerprint density at radius 3 is 2.65 bits per heavy atom. The quantitative estimate of drug-likeness (QED) is 0.449. The molecule has 3 aromatic rings. The number of rotatable bonds is 7. The van der Waals surface area contributed by atoms with E-state index in [0.717, 1.165) is 5.56 Å². The van der Waals surface area contributed by atoms with Crippen LogP contribution in [0.3, 0.4) is 0 Å². The molecule has 2 heterocycles. The van der Waals surface area contributed by atoms with Crippen LogP contribution >= 0.6 is 11.8 Å². The number of nitrogens with zero attached hydrogens (tertiary/aromatic N) is 3. The van der Waals surface area contributed by atoms with Crippen molar-refractivity contribution in [2.75, 3.05) is 12.4 Å². The summed E-state index contributed by atoms with van der Waals surface area (Å²) in [7, 11) is 0. The number of nitrogens with one attached hydrogen (secondary N) is 1. The molecule has 0 aliphatic carbocycles. The molecule has 8 nitrogen and oxygen atoms in total. The Hall–Kier alpha value is -3.59. The molecule has 1 N–H and O–H groups in total. The number of para-hydroxylation sites is 2. The number of imide groups is 1. The molecular formula is C22H20N4O4S. The first-order chi connectivity index (χ1) is 15.2. The second-order valence-corrected chi connectivity index (χ2v) is 7.58. The Kier molecular flexibility index (Phi) is 6.32. The van der Waals surface area contributed by atoms with Crippen molar-refractivity contribution < 1.29 is 19.1 Å². The highest BCUT2D eigenvalue weighted by Crippen LogP contribution is 2.31. The van der Waals surface area contributed by atoms with E-state index in [1.807, 2.05) is 41.0 Å². The number of carbonyl (C=O) groups is 2. The highest BCUT2D eigenvalue weighted by Gasteiger charge is 2.28. The zero-order valence-electron chi connectivity index (χ0n) is 16.6. The molecule has 0 radical (unpaired) electrons. The van der Waals surface area contributed by atoms with E-state index >= 15 is 0 Å². The summed E-state index contributed by atoms with van der Waals surface area (Å²) >= 11 is 1.19. The maximum atomic E-state index is 12.4. The second-order valence-electron chi connectivity index (χ2n) is 6.64. The summed E-state index contributed by atoms with van der Waals surface area (Å²) in [6, 6.07) is 16.7. The van der Waals surface area contributed by atoms with Gasteiger partial charge in [-0.3, -0.25) is 19.5 Å². The Morgan fingerprint density at radius 1 is 1.13 bits per heavy atom. The van der Waals surface area contributed by atoms with Gasteiger partial charge in [0.05, 0.1) is 5.75 Å². The predicted molar refractivity (Wildman–Crippen MR) is 116 cm³/mol. The number of hydrogen-bond donors (Lipinski definition) is 1. The van der Waals surface area contributed by atoms with E-state index in [1.165, 1.54) is 11.8 Å². The van der Waals surface area contributed by atoms with E-state index < -0.39 is 17.9 Å². The van der Waals surface area contributed by atoms with Gasteiger partial charge in [-0.2, -0.15) is 0 Å². The molecule has 1 aliphatic heterocycles. The lowest BCUT2D eigenvalue weighted by atomic mass is 10.2. The highest BCUT2D eigenvalue weighted by atomic mass is 32.2. The molecule has 31 heavy (non-hydrogen) atoms. The molecule has 1 aromatic heterocycles. The van der Waals surface area contributed by atoms with Crippen LogP contribution in [0.1, 0.15) is 0 Å². The molecule has 0 spiro atoms. The van der Waals surface area contributed by atoms with Crippen LogP contribution in [-0.4, -0.2) is 45.0 Å². The number of amides is 2. The van der Waals surface area contributed by atoms with E-state index in [1.54, 1.807) is 24.3 Å². The van der Waals surface area contributed by atoms with Gasteiger partial charge in [0.15, 0.2) is 22.5 Å². The summed E-state index contributed by atoms with van der Waals surface area (Å²) in [6.45, 7) is 4.31. The van der Waals surface area contributed by atoms with Gasteiger partial charge in [0, 0.05) is 12.1 Å². The predicted octanol–water partition coefficient (Wildman–Crippen LogP) is 2.71. The van der Waals surface area contributed by atoms with Gasteiger partial charge in [-0.05, 0) is 12.1 Å². The molecule has 2 aromatic carbocycles. The summed E-state index contributed by atoms with van der Waals surface area (Å²) in [5.41, 5.74) is 0.915. The monoisotopic (exact) mass is 436 g/mol. The van der Waals surface area contributed by atoms with Crippen LogP contribution in [0.5, 0.6) is 11.5 Å². The van der Waals surface area contributed by atoms with Crippen molar-refractivity contribution in [3.05, 3.63) is 67.3 Å². The summed E-state index contributed by atoms with van der Waals surface area (Å²) < 4.78 is 13.0. The molecule has 1 unspecified atom stereocenters. The summed E-state index contributed by atoms with van der Waals surface area (Å²) in [5, 5.41) is 11.4. The number of benzene rings is 2. The molecule has 9 heteroatoms. The SMILES string of the molecule is C=CCn1c(SCC(=O)NC(=O)C2COc3ccccc3O2)nnc1-c1ccccc1. The maximum Gasteiger partial charge on any atom is 0.271 e. The Bertz CT molecular complexity index is 1100. The highest BCUT2D eigenvalue weighted by molar-refractivity contribution is 7.99. The van der Waals surface area contributed by atoms with Crippen LogP contribution in [0.25, 0.3) is 11.4 Å². The van der Waals surface area contributed by atoms with Crippen molar-refractivity contribution >= 4 is 23.6 Å². The van der Waals surface area contributed by atoms with Crippen molar-refractivity contribution in [1.29, 1.82) is 0 Å². The zero-order valence-corrected chi connectivity index (χ0v) is 17.4. The smallest absolute Gasteiger partial charge is 0.271 e. The number of carbonyl (C=O) groups excluding carboxylic acids is 2. The number of thioether (sulfide) groups is 1.